The Balaban J connectivity index is 0.000000179. The van der Waals surface area contributed by atoms with Gasteiger partial charge in [0.2, 0.25) is 19.7 Å². The first-order valence-corrected chi connectivity index (χ1v) is 26.5. The molecule has 0 atom stereocenters. The molecule has 9 aromatic rings. The van der Waals surface area contributed by atoms with Gasteiger partial charge in [0.25, 0.3) is 0 Å². The van der Waals surface area contributed by atoms with Gasteiger partial charge in [0, 0.05) is 81.8 Å². The van der Waals surface area contributed by atoms with Gasteiger partial charge in [0.05, 0.1) is 57.8 Å². The largest absolute Gasteiger partial charge is 0.495 e. The first-order chi connectivity index (χ1) is 34.6. The number of para-hydroxylation sites is 2. The maximum Gasteiger partial charge on any atom is 0.226 e. The average Bonchev–Trinajstić information content (AvgIpc) is 4.01. The molecule has 17 heteroatoms. The van der Waals surface area contributed by atoms with Crippen LogP contribution < -0.4 is 24.6 Å². The smallest absolute Gasteiger partial charge is 0.226 e. The highest BCUT2D eigenvalue weighted by Crippen LogP contribution is 2.40. The maximum absolute atomic E-state index is 13.8. The molecule has 2 aliphatic rings. The molecule has 2 fully saturated rings. The standard InChI is InChI=1S/C31H30N4O3S.C24H24N4O3S.ClH/c1-38-30-22-28-27(21-29(30)34-19-17-33(18-20-34)23-24-11-5-2-6-12-24)31(32-35(28)25-13-7-3-8-14-25)39(36,37)26-15-9-4-10-16-26;1-31-23-17-21-20(16-22(23)27-14-12-25-13-15-27)24(26-28(21)18-8-4-2-5-9-18)32(29,30)19-10-6-3-7-11-19;/h2-16,21-22H,17-20,23H2,1H3;2-11,16-17,25H,12-15H2,1H3;1H. The molecule has 2 aromatic heterocycles. The second kappa shape index (κ2) is 21.6. The number of hydrogen-bond acceptors (Lipinski definition) is 12. The van der Waals surface area contributed by atoms with E-state index < -0.39 is 19.7 Å². The molecule has 14 nitrogen and oxygen atoms in total. The van der Waals surface area contributed by atoms with E-state index in [9.17, 15) is 16.8 Å². The number of anilines is 2. The van der Waals surface area contributed by atoms with Crippen LogP contribution in [-0.4, -0.2) is 108 Å². The minimum atomic E-state index is -3.86. The van der Waals surface area contributed by atoms with E-state index in [0.29, 0.717) is 33.3 Å². The molecular formula is C55H55ClN8O6S2. The lowest BCUT2D eigenvalue weighted by atomic mass is 10.1. The maximum atomic E-state index is 13.8. The predicted molar refractivity (Wildman–Crippen MR) is 285 cm³/mol. The second-order valence-electron chi connectivity index (χ2n) is 17.3. The van der Waals surface area contributed by atoms with E-state index in [4.69, 9.17) is 9.47 Å². The number of halogens is 1. The van der Waals surface area contributed by atoms with Crippen molar-refractivity contribution in [3.8, 4) is 22.9 Å². The zero-order chi connectivity index (χ0) is 49.0. The number of piperazine rings is 2. The summed E-state index contributed by atoms with van der Waals surface area (Å²) in [6.07, 6.45) is 0. The molecule has 0 amide bonds. The SMILES string of the molecule is COc1cc2c(cc1N1CCN(Cc3ccccc3)CC1)c(S(=O)(=O)c1ccccc1)nn2-c1ccccc1.COc1cc2c(cc1N1CCNCC1)c(S(=O)(=O)c1ccccc1)nn2-c1ccccc1.Cl. The predicted octanol–water partition coefficient (Wildman–Crippen LogP) is 8.89. The molecule has 2 saturated heterocycles. The number of aromatic nitrogens is 4. The van der Waals surface area contributed by atoms with E-state index in [0.717, 1.165) is 81.7 Å². The molecule has 7 aromatic carbocycles. The molecule has 2 aliphatic heterocycles. The van der Waals surface area contributed by atoms with Gasteiger partial charge in [0.15, 0.2) is 10.1 Å². The number of sulfone groups is 2. The number of ether oxygens (including phenoxy) is 2. The van der Waals surface area contributed by atoms with Crippen LogP contribution in [0, 0.1) is 0 Å². The van der Waals surface area contributed by atoms with Crippen LogP contribution in [0.4, 0.5) is 11.4 Å². The van der Waals surface area contributed by atoms with Crippen molar-refractivity contribution >= 4 is 65.3 Å². The van der Waals surface area contributed by atoms with Crippen molar-refractivity contribution in [2.24, 2.45) is 0 Å². The Labute approximate surface area is 426 Å². The topological polar surface area (TPSA) is 144 Å². The summed E-state index contributed by atoms with van der Waals surface area (Å²) < 4.78 is 69.8. The van der Waals surface area contributed by atoms with Crippen LogP contribution in [0.15, 0.2) is 196 Å². The van der Waals surface area contributed by atoms with Gasteiger partial charge in [-0.3, -0.25) is 4.90 Å². The molecule has 11 rings (SSSR count). The summed E-state index contributed by atoms with van der Waals surface area (Å²) in [6, 6.07) is 54.2. The number of fused-ring (bicyclic) bond motifs is 2. The van der Waals surface area contributed by atoms with Crippen molar-refractivity contribution in [3.05, 3.63) is 181 Å². The monoisotopic (exact) mass is 1020 g/mol. The minimum absolute atomic E-state index is 0. The molecule has 0 radical (unpaired) electrons. The molecule has 0 aliphatic carbocycles. The van der Waals surface area contributed by atoms with E-state index in [-0.39, 0.29) is 32.2 Å². The third-order valence-electron chi connectivity index (χ3n) is 12.9. The third-order valence-corrected chi connectivity index (χ3v) is 16.3. The molecular weight excluding hydrogens is 968 g/mol. The van der Waals surface area contributed by atoms with Crippen LogP contribution >= 0.6 is 12.4 Å². The van der Waals surface area contributed by atoms with E-state index in [1.54, 1.807) is 84.2 Å². The first-order valence-electron chi connectivity index (χ1n) is 23.5. The fourth-order valence-corrected chi connectivity index (χ4v) is 12.0. The van der Waals surface area contributed by atoms with E-state index in [1.165, 1.54) is 5.56 Å². The molecule has 0 saturated carbocycles. The zero-order valence-corrected chi connectivity index (χ0v) is 42.4. The lowest BCUT2D eigenvalue weighted by Crippen LogP contribution is -2.46. The Morgan fingerprint density at radius 1 is 0.486 bits per heavy atom. The molecule has 0 spiro atoms. The molecule has 1 N–H and O–H groups in total. The van der Waals surface area contributed by atoms with Gasteiger partial charge in [-0.2, -0.15) is 10.2 Å². The number of rotatable bonds is 12. The highest BCUT2D eigenvalue weighted by Gasteiger charge is 2.31. The van der Waals surface area contributed by atoms with Crippen molar-refractivity contribution < 1.29 is 26.3 Å². The summed E-state index contributed by atoms with van der Waals surface area (Å²) in [5.74, 6) is 1.39. The highest BCUT2D eigenvalue weighted by atomic mass is 35.5. The normalized spacial score (nSPS) is 14.4. The van der Waals surface area contributed by atoms with Crippen LogP contribution in [-0.2, 0) is 26.2 Å². The molecule has 4 heterocycles. The van der Waals surface area contributed by atoms with Crippen LogP contribution in [0.3, 0.4) is 0 Å². The fraction of sp³-hybridized carbons (Fsp3) is 0.200. The number of nitrogens with one attached hydrogen (secondary N) is 1. The van der Waals surface area contributed by atoms with E-state index in [1.807, 2.05) is 91.0 Å². The van der Waals surface area contributed by atoms with Gasteiger partial charge in [-0.25, -0.2) is 26.2 Å². The lowest BCUT2D eigenvalue weighted by molar-refractivity contribution is 0.249. The van der Waals surface area contributed by atoms with E-state index >= 15 is 0 Å². The summed E-state index contributed by atoms with van der Waals surface area (Å²) in [5.41, 5.74) is 5.97. The second-order valence-corrected chi connectivity index (χ2v) is 21.0. The molecule has 0 unspecified atom stereocenters. The van der Waals surface area contributed by atoms with Crippen LogP contribution in [0.5, 0.6) is 11.5 Å². The Hall–Kier alpha value is -7.21. The van der Waals surface area contributed by atoms with Crippen LogP contribution in [0.25, 0.3) is 33.2 Å². The van der Waals surface area contributed by atoms with Gasteiger partial charge in [-0.15, -0.1) is 12.4 Å². The van der Waals surface area contributed by atoms with Crippen molar-refractivity contribution in [1.82, 2.24) is 29.8 Å². The van der Waals surface area contributed by atoms with Gasteiger partial charge in [0.1, 0.15) is 11.5 Å². The summed E-state index contributed by atoms with van der Waals surface area (Å²) in [5, 5.41) is 13.9. The molecule has 0 bridgehead atoms. The number of hydrogen-bond donors (Lipinski definition) is 1. The van der Waals surface area contributed by atoms with Gasteiger partial charge in [-0.05, 0) is 66.2 Å². The number of nitrogens with zero attached hydrogens (tertiary/aromatic N) is 7. The van der Waals surface area contributed by atoms with Crippen LogP contribution in [0.1, 0.15) is 5.56 Å². The zero-order valence-electron chi connectivity index (χ0n) is 39.9. The number of benzene rings is 7. The van der Waals surface area contributed by atoms with Crippen molar-refractivity contribution in [2.75, 3.05) is 76.4 Å². The quantitative estimate of drug-likeness (QED) is 0.125. The fourth-order valence-electron chi connectivity index (χ4n) is 9.27. The lowest BCUT2D eigenvalue weighted by Gasteiger charge is -2.36. The van der Waals surface area contributed by atoms with Gasteiger partial charge in [-0.1, -0.05) is 103 Å². The van der Waals surface area contributed by atoms with Gasteiger partial charge >= 0.3 is 0 Å². The molecule has 72 heavy (non-hydrogen) atoms. The summed E-state index contributed by atoms with van der Waals surface area (Å²) in [7, 11) is -4.40. The van der Waals surface area contributed by atoms with Crippen molar-refractivity contribution in [3.63, 3.8) is 0 Å². The Bertz CT molecular complexity index is 3500. The molecule has 370 valence electrons. The Kier molecular flexibility index (Phi) is 15.0. The summed E-state index contributed by atoms with van der Waals surface area (Å²) >= 11 is 0. The Morgan fingerprint density at radius 3 is 1.26 bits per heavy atom. The highest BCUT2D eigenvalue weighted by molar-refractivity contribution is 7.92. The first kappa shape index (κ1) is 49.8. The van der Waals surface area contributed by atoms with Crippen molar-refractivity contribution in [1.29, 1.82) is 0 Å². The van der Waals surface area contributed by atoms with E-state index in [2.05, 4.69) is 54.5 Å². The van der Waals surface area contributed by atoms with Gasteiger partial charge < -0.3 is 24.6 Å². The number of methoxy groups -OCH3 is 2. The van der Waals surface area contributed by atoms with Crippen molar-refractivity contribution in [2.45, 2.75) is 26.4 Å². The minimum Gasteiger partial charge on any atom is -0.495 e. The summed E-state index contributed by atoms with van der Waals surface area (Å²) in [6.45, 7) is 7.67. The average molecular weight is 1020 g/mol. The Morgan fingerprint density at radius 2 is 0.861 bits per heavy atom. The third kappa shape index (κ3) is 10.0. The summed E-state index contributed by atoms with van der Waals surface area (Å²) in [4.78, 5) is 7.37. The van der Waals surface area contributed by atoms with Crippen LogP contribution in [0.2, 0.25) is 0 Å².